The number of ketones is 1. The number of hydrogen-bond acceptors (Lipinski definition) is 4. The highest BCUT2D eigenvalue weighted by Gasteiger charge is 2.51. The van der Waals surface area contributed by atoms with Crippen molar-refractivity contribution in [3.8, 4) is 5.75 Å². The molecule has 4 aliphatic rings. The summed E-state index contributed by atoms with van der Waals surface area (Å²) in [6.07, 6.45) is 7.71. The van der Waals surface area contributed by atoms with Crippen molar-refractivity contribution in [1.82, 2.24) is 5.32 Å². The maximum absolute atomic E-state index is 12.7. The van der Waals surface area contributed by atoms with Crippen molar-refractivity contribution in [2.24, 2.45) is 17.8 Å². The summed E-state index contributed by atoms with van der Waals surface area (Å²) in [5.74, 6) is 4.65. The Hall–Kier alpha value is -1.49. The Labute approximate surface area is 172 Å². The van der Waals surface area contributed by atoms with Crippen molar-refractivity contribution < 1.29 is 14.3 Å². The molecule has 0 aliphatic heterocycles. The molecule has 5 heteroatoms. The third-order valence-electron chi connectivity index (χ3n) is 6.70. The summed E-state index contributed by atoms with van der Waals surface area (Å²) in [5.41, 5.74) is 1.76. The Morgan fingerprint density at radius 3 is 2.36 bits per heavy atom. The third-order valence-corrected chi connectivity index (χ3v) is 7.68. The summed E-state index contributed by atoms with van der Waals surface area (Å²) in [6.45, 7) is 4.11. The van der Waals surface area contributed by atoms with Crippen molar-refractivity contribution in [3.63, 3.8) is 0 Å². The van der Waals surface area contributed by atoms with Crippen LogP contribution in [0.3, 0.4) is 0 Å². The molecule has 1 aromatic rings. The maximum Gasteiger partial charge on any atom is 0.230 e. The van der Waals surface area contributed by atoms with Crippen LogP contribution in [0.1, 0.15) is 68.3 Å². The molecule has 0 saturated heterocycles. The van der Waals surface area contributed by atoms with Crippen LogP contribution >= 0.6 is 11.8 Å². The molecule has 4 aliphatic carbocycles. The number of carbonyl (C=O) groups is 2. The van der Waals surface area contributed by atoms with Gasteiger partial charge in [-0.1, -0.05) is 0 Å². The molecule has 28 heavy (non-hydrogen) atoms. The van der Waals surface area contributed by atoms with Crippen LogP contribution in [0.5, 0.6) is 5.75 Å². The molecule has 0 spiro atoms. The molecule has 0 heterocycles. The second-order valence-corrected chi connectivity index (χ2v) is 10.0. The van der Waals surface area contributed by atoms with Crippen LogP contribution in [0.15, 0.2) is 18.2 Å². The van der Waals surface area contributed by atoms with E-state index in [0.29, 0.717) is 23.7 Å². The van der Waals surface area contributed by atoms with E-state index in [-0.39, 0.29) is 17.2 Å². The largest absolute Gasteiger partial charge is 0.494 e. The summed E-state index contributed by atoms with van der Waals surface area (Å²) in [6, 6.07) is 5.57. The lowest BCUT2D eigenvalue weighted by atomic mass is 9.53. The summed E-state index contributed by atoms with van der Waals surface area (Å²) in [5, 5.41) is 3.44. The first-order valence-electron chi connectivity index (χ1n) is 10.6. The molecular weight excluding hydrogens is 370 g/mol. The summed E-state index contributed by atoms with van der Waals surface area (Å²) >= 11 is 1.60. The SMILES string of the molecule is CCOc1ccc(C(C)=O)cc1CSCC(=O)NC12CC3CC(CC(C3)C1)C2. The number of nitrogens with one attached hydrogen (secondary N) is 1. The fourth-order valence-corrected chi connectivity index (χ4v) is 6.86. The molecule has 1 amide bonds. The lowest BCUT2D eigenvalue weighted by molar-refractivity contribution is -0.124. The van der Waals surface area contributed by atoms with Crippen molar-refractivity contribution in [1.29, 1.82) is 0 Å². The molecule has 5 rings (SSSR count). The van der Waals surface area contributed by atoms with Gasteiger partial charge in [0.25, 0.3) is 0 Å². The smallest absolute Gasteiger partial charge is 0.230 e. The molecular formula is C23H31NO3S. The minimum atomic E-state index is 0.0499. The molecule has 4 saturated carbocycles. The highest BCUT2D eigenvalue weighted by molar-refractivity contribution is 7.99. The monoisotopic (exact) mass is 401 g/mol. The van der Waals surface area contributed by atoms with E-state index < -0.39 is 0 Å². The first kappa shape index (κ1) is 19.8. The topological polar surface area (TPSA) is 55.4 Å². The molecule has 4 nitrogen and oxygen atoms in total. The minimum absolute atomic E-state index is 0.0499. The number of benzene rings is 1. The highest BCUT2D eigenvalue weighted by atomic mass is 32.2. The Balaban J connectivity index is 1.33. The fraction of sp³-hybridized carbons (Fsp3) is 0.652. The van der Waals surface area contributed by atoms with E-state index in [1.165, 1.54) is 38.5 Å². The molecule has 1 N–H and O–H groups in total. The lowest BCUT2D eigenvalue weighted by Crippen LogP contribution is -2.60. The van der Waals surface area contributed by atoms with Crippen LogP contribution in [0.2, 0.25) is 0 Å². The Bertz CT molecular complexity index is 725. The predicted octanol–water partition coefficient (Wildman–Crippen LogP) is 4.61. The van der Waals surface area contributed by atoms with Crippen LogP contribution in [0, 0.1) is 17.8 Å². The van der Waals surface area contributed by atoms with Gasteiger partial charge < -0.3 is 10.1 Å². The number of ether oxygens (including phenoxy) is 1. The second-order valence-electron chi connectivity index (χ2n) is 9.05. The van der Waals surface area contributed by atoms with Crippen molar-refractivity contribution in [2.45, 2.75) is 63.7 Å². The van der Waals surface area contributed by atoms with E-state index in [9.17, 15) is 9.59 Å². The molecule has 4 fully saturated rings. The Kier molecular flexibility index (Phi) is 5.73. The van der Waals surface area contributed by atoms with Gasteiger partial charge in [0.15, 0.2) is 5.78 Å². The summed E-state index contributed by atoms with van der Waals surface area (Å²) < 4.78 is 5.70. The number of rotatable bonds is 8. The van der Waals surface area contributed by atoms with E-state index in [1.807, 2.05) is 19.1 Å². The van der Waals surface area contributed by atoms with Gasteiger partial charge in [-0.05, 0) is 88.3 Å². The average Bonchev–Trinajstić information content (AvgIpc) is 2.61. The number of thioether (sulfide) groups is 1. The summed E-state index contributed by atoms with van der Waals surface area (Å²) in [4.78, 5) is 24.4. The normalized spacial score (nSPS) is 30.3. The fourth-order valence-electron chi connectivity index (χ4n) is 6.06. The van der Waals surface area contributed by atoms with Crippen LogP contribution in [0.25, 0.3) is 0 Å². The zero-order chi connectivity index (χ0) is 19.7. The Morgan fingerprint density at radius 1 is 1.14 bits per heavy atom. The molecule has 4 bridgehead atoms. The highest BCUT2D eigenvalue weighted by Crippen LogP contribution is 2.55. The van der Waals surface area contributed by atoms with Gasteiger partial charge in [-0.3, -0.25) is 9.59 Å². The summed E-state index contributed by atoms with van der Waals surface area (Å²) in [7, 11) is 0. The van der Waals surface area contributed by atoms with Gasteiger partial charge in [0.1, 0.15) is 5.75 Å². The lowest BCUT2D eigenvalue weighted by Gasteiger charge is -2.56. The maximum atomic E-state index is 12.7. The quantitative estimate of drug-likeness (QED) is 0.647. The van der Waals surface area contributed by atoms with Crippen LogP contribution < -0.4 is 10.1 Å². The molecule has 0 atom stereocenters. The van der Waals surface area contributed by atoms with Crippen LogP contribution in [0.4, 0.5) is 0 Å². The molecule has 1 aromatic carbocycles. The Morgan fingerprint density at radius 2 is 1.79 bits per heavy atom. The van der Waals surface area contributed by atoms with Crippen molar-refractivity contribution in [3.05, 3.63) is 29.3 Å². The van der Waals surface area contributed by atoms with E-state index in [2.05, 4.69) is 5.32 Å². The van der Waals surface area contributed by atoms with Crippen molar-refractivity contribution in [2.75, 3.05) is 12.4 Å². The molecule has 152 valence electrons. The number of amides is 1. The van der Waals surface area contributed by atoms with Crippen LogP contribution in [-0.4, -0.2) is 29.6 Å². The van der Waals surface area contributed by atoms with Gasteiger partial charge >= 0.3 is 0 Å². The number of Topliss-reactive ketones (excluding diaryl/α,β-unsaturated/α-hetero) is 1. The first-order chi connectivity index (χ1) is 13.5. The van der Waals surface area contributed by atoms with Gasteiger partial charge in [0, 0.05) is 22.4 Å². The van der Waals surface area contributed by atoms with E-state index in [4.69, 9.17) is 4.74 Å². The van der Waals surface area contributed by atoms with Gasteiger partial charge in [-0.15, -0.1) is 11.8 Å². The van der Waals surface area contributed by atoms with Crippen molar-refractivity contribution >= 4 is 23.5 Å². The second kappa shape index (κ2) is 8.10. The zero-order valence-electron chi connectivity index (χ0n) is 17.0. The van der Waals surface area contributed by atoms with Gasteiger partial charge in [-0.2, -0.15) is 0 Å². The minimum Gasteiger partial charge on any atom is -0.494 e. The standard InChI is InChI=1S/C23H31NO3S/c1-3-27-21-5-4-19(15(2)25)9-20(21)13-28-14-22(26)24-23-10-16-6-17(11-23)8-18(7-16)12-23/h4-5,9,16-18H,3,6-8,10-14H2,1-2H3,(H,24,26). The van der Waals surface area contributed by atoms with Crippen LogP contribution in [-0.2, 0) is 10.5 Å². The zero-order valence-corrected chi connectivity index (χ0v) is 17.8. The van der Waals surface area contributed by atoms with E-state index >= 15 is 0 Å². The number of carbonyl (C=O) groups excluding carboxylic acids is 2. The van der Waals surface area contributed by atoms with E-state index in [1.54, 1.807) is 24.8 Å². The third kappa shape index (κ3) is 4.24. The molecule has 0 aromatic heterocycles. The van der Waals surface area contributed by atoms with Gasteiger partial charge in [0.2, 0.25) is 5.91 Å². The van der Waals surface area contributed by atoms with Gasteiger partial charge in [0.05, 0.1) is 12.4 Å². The molecule has 0 unspecified atom stereocenters. The van der Waals surface area contributed by atoms with E-state index in [0.717, 1.165) is 29.1 Å². The van der Waals surface area contributed by atoms with Gasteiger partial charge in [-0.25, -0.2) is 0 Å². The molecule has 0 radical (unpaired) electrons. The first-order valence-corrected chi connectivity index (χ1v) is 11.8. The number of hydrogen-bond donors (Lipinski definition) is 1. The predicted molar refractivity (Wildman–Crippen MR) is 113 cm³/mol. The average molecular weight is 402 g/mol.